The van der Waals surface area contributed by atoms with Gasteiger partial charge in [-0.05, 0) is 79.2 Å². The predicted octanol–water partition coefficient (Wildman–Crippen LogP) is 14.9. The molecule has 59 heavy (non-hydrogen) atoms. The van der Waals surface area contributed by atoms with E-state index < -0.39 is 0 Å². The fraction of sp³-hybridized carbons (Fsp3) is 0. The molecular weight excluding hydrogens is 715 g/mol. The summed E-state index contributed by atoms with van der Waals surface area (Å²) in [6.07, 6.45) is 1.91. The molecule has 274 valence electrons. The fourth-order valence-electron chi connectivity index (χ4n) is 9.05. The van der Waals surface area contributed by atoms with Crippen molar-refractivity contribution in [1.29, 1.82) is 0 Å². The molecule has 0 unspecified atom stereocenters. The van der Waals surface area contributed by atoms with E-state index in [9.17, 15) is 0 Å². The first-order valence-corrected chi connectivity index (χ1v) is 20.1. The summed E-state index contributed by atoms with van der Waals surface area (Å²) in [5.74, 6) is 0. The van der Waals surface area contributed by atoms with Crippen LogP contribution < -0.4 is 0 Å². The lowest BCUT2D eigenvalue weighted by Crippen LogP contribution is -1.94. The summed E-state index contributed by atoms with van der Waals surface area (Å²) in [5, 5.41) is 9.67. The predicted molar refractivity (Wildman–Crippen MR) is 248 cm³/mol. The summed E-state index contributed by atoms with van der Waals surface area (Å²) >= 11 is 0. The molecule has 2 heterocycles. The van der Waals surface area contributed by atoms with Gasteiger partial charge in [0.25, 0.3) is 0 Å². The average molecular weight is 750 g/mol. The van der Waals surface area contributed by atoms with E-state index >= 15 is 0 Å². The summed E-state index contributed by atoms with van der Waals surface area (Å²) in [7, 11) is 0. The lowest BCUT2D eigenvalue weighted by Gasteiger charge is -2.11. The van der Waals surface area contributed by atoms with Crippen molar-refractivity contribution in [2.45, 2.75) is 0 Å². The zero-order valence-corrected chi connectivity index (χ0v) is 32.0. The van der Waals surface area contributed by atoms with E-state index in [1.54, 1.807) is 0 Å². The molecule has 0 aliphatic carbocycles. The van der Waals surface area contributed by atoms with E-state index in [2.05, 4.69) is 211 Å². The van der Waals surface area contributed by atoms with E-state index in [0.29, 0.717) is 0 Å². The lowest BCUT2D eigenvalue weighted by molar-refractivity contribution is 1.19. The second-order valence-electron chi connectivity index (χ2n) is 15.4. The molecule has 0 saturated heterocycles. The SMILES string of the molecule is c1ccc2cc(-n3c4ccccc4c4ccc(-c5ccc(-c6ccc(-c7ccc(-c8cnc9c%10ccccc%10c%10ccccc%10c9n8)cc7)cc6)cc5)cc43)ccc2c1. The van der Waals surface area contributed by atoms with Crippen LogP contribution in [0.1, 0.15) is 0 Å². The van der Waals surface area contributed by atoms with E-state index in [-0.39, 0.29) is 0 Å². The largest absolute Gasteiger partial charge is 0.309 e. The molecule has 0 amide bonds. The van der Waals surface area contributed by atoms with Crippen LogP contribution in [-0.4, -0.2) is 14.5 Å². The van der Waals surface area contributed by atoms with Crippen LogP contribution in [0.15, 0.2) is 212 Å². The molecule has 3 nitrogen and oxygen atoms in total. The molecule has 10 aromatic carbocycles. The average Bonchev–Trinajstić information content (AvgIpc) is 3.65. The van der Waals surface area contributed by atoms with Crippen molar-refractivity contribution in [1.82, 2.24) is 14.5 Å². The van der Waals surface area contributed by atoms with E-state index in [1.807, 2.05) is 6.20 Å². The highest BCUT2D eigenvalue weighted by molar-refractivity contribution is 6.23. The molecule has 0 spiro atoms. The summed E-state index contributed by atoms with van der Waals surface area (Å²) in [5.41, 5.74) is 14.5. The highest BCUT2D eigenvalue weighted by atomic mass is 15.0. The summed E-state index contributed by atoms with van der Waals surface area (Å²) in [4.78, 5) is 10.1. The molecule has 2 aromatic heterocycles. The molecule has 0 atom stereocenters. The number of rotatable bonds is 5. The van der Waals surface area contributed by atoms with Crippen LogP contribution in [0.25, 0.3) is 115 Å². The number of aromatic nitrogens is 3. The Bertz CT molecular complexity index is 3540. The van der Waals surface area contributed by atoms with Gasteiger partial charge in [-0.15, -0.1) is 0 Å². The number of nitrogens with zero attached hydrogens (tertiary/aromatic N) is 3. The van der Waals surface area contributed by atoms with Gasteiger partial charge in [-0.3, -0.25) is 4.98 Å². The quantitative estimate of drug-likeness (QED) is 0.164. The molecule has 0 aliphatic heterocycles. The Morgan fingerprint density at radius 3 is 1.42 bits per heavy atom. The maximum absolute atomic E-state index is 5.18. The van der Waals surface area contributed by atoms with Crippen LogP contribution in [0.2, 0.25) is 0 Å². The van der Waals surface area contributed by atoms with Crippen molar-refractivity contribution in [3.63, 3.8) is 0 Å². The molecule has 0 bridgehead atoms. The second kappa shape index (κ2) is 13.4. The van der Waals surface area contributed by atoms with Gasteiger partial charge in [0.1, 0.15) is 0 Å². The number of hydrogen-bond acceptors (Lipinski definition) is 2. The van der Waals surface area contributed by atoms with Gasteiger partial charge in [-0.1, -0.05) is 182 Å². The topological polar surface area (TPSA) is 30.7 Å². The Balaban J connectivity index is 0.823. The number of benzene rings is 10. The van der Waals surface area contributed by atoms with Crippen LogP contribution in [0, 0.1) is 0 Å². The highest BCUT2D eigenvalue weighted by Crippen LogP contribution is 2.37. The Kier molecular flexibility index (Phi) is 7.54. The molecular formula is C56H35N3. The van der Waals surface area contributed by atoms with Crippen LogP contribution >= 0.6 is 0 Å². The van der Waals surface area contributed by atoms with Crippen molar-refractivity contribution in [3.8, 4) is 50.3 Å². The van der Waals surface area contributed by atoms with Gasteiger partial charge in [0.15, 0.2) is 0 Å². The fourth-order valence-corrected chi connectivity index (χ4v) is 9.05. The van der Waals surface area contributed by atoms with Gasteiger partial charge in [-0.2, -0.15) is 0 Å². The van der Waals surface area contributed by atoms with E-state index in [1.165, 1.54) is 76.9 Å². The molecule has 0 N–H and O–H groups in total. The summed E-state index contributed by atoms with van der Waals surface area (Å²) in [6, 6.07) is 74.4. The number of para-hydroxylation sites is 1. The molecule has 0 radical (unpaired) electrons. The van der Waals surface area contributed by atoms with Gasteiger partial charge in [0.05, 0.1) is 34.0 Å². The third kappa shape index (κ3) is 5.51. The van der Waals surface area contributed by atoms with Gasteiger partial charge >= 0.3 is 0 Å². The standard InChI is InChI=1S/C56H35N3/c1-2-10-43-33-45(31-29-36(43)9-1)59-53-16-8-7-13-48(53)49-32-30-44(34-54(49)59)41-23-21-39(22-24-41)37-17-19-38(20-18-37)40-25-27-42(28-26-40)52-35-57-55-50-14-5-3-11-46(50)47-12-4-6-15-51(47)56(55)58-52/h1-35H. The molecule has 12 rings (SSSR count). The Morgan fingerprint density at radius 2 is 0.780 bits per heavy atom. The first-order valence-electron chi connectivity index (χ1n) is 20.1. The van der Waals surface area contributed by atoms with Gasteiger partial charge in [0, 0.05) is 32.8 Å². The van der Waals surface area contributed by atoms with E-state index in [0.717, 1.165) is 38.6 Å². The van der Waals surface area contributed by atoms with Crippen LogP contribution in [0.4, 0.5) is 0 Å². The highest BCUT2D eigenvalue weighted by Gasteiger charge is 2.15. The maximum atomic E-state index is 5.18. The molecule has 0 aliphatic rings. The lowest BCUT2D eigenvalue weighted by atomic mass is 9.97. The van der Waals surface area contributed by atoms with Crippen LogP contribution in [0.3, 0.4) is 0 Å². The molecule has 0 saturated carbocycles. The van der Waals surface area contributed by atoms with Gasteiger partial charge in [0.2, 0.25) is 0 Å². The first-order chi connectivity index (χ1) is 29.2. The Morgan fingerprint density at radius 1 is 0.305 bits per heavy atom. The van der Waals surface area contributed by atoms with Crippen LogP contribution in [0.5, 0.6) is 0 Å². The third-order valence-corrected chi connectivity index (χ3v) is 12.0. The zero-order valence-electron chi connectivity index (χ0n) is 32.0. The van der Waals surface area contributed by atoms with Crippen molar-refractivity contribution in [2.75, 3.05) is 0 Å². The molecule has 0 fully saturated rings. The molecule has 12 aromatic rings. The maximum Gasteiger partial charge on any atom is 0.0979 e. The minimum absolute atomic E-state index is 0.871. The zero-order chi connectivity index (χ0) is 38.9. The normalized spacial score (nSPS) is 11.7. The molecule has 3 heteroatoms. The first kappa shape index (κ1) is 33.3. The van der Waals surface area contributed by atoms with Gasteiger partial charge in [-0.25, -0.2) is 4.98 Å². The van der Waals surface area contributed by atoms with E-state index in [4.69, 9.17) is 9.97 Å². The van der Waals surface area contributed by atoms with Crippen molar-refractivity contribution in [2.24, 2.45) is 0 Å². The summed E-state index contributed by atoms with van der Waals surface area (Å²) in [6.45, 7) is 0. The van der Waals surface area contributed by atoms with Crippen molar-refractivity contribution >= 4 is 65.2 Å². The smallest absolute Gasteiger partial charge is 0.0979 e. The third-order valence-electron chi connectivity index (χ3n) is 12.0. The van der Waals surface area contributed by atoms with Gasteiger partial charge < -0.3 is 4.57 Å². The Labute approximate surface area is 341 Å². The minimum atomic E-state index is 0.871. The minimum Gasteiger partial charge on any atom is -0.309 e. The number of fused-ring (bicyclic) bond motifs is 10. The second-order valence-corrected chi connectivity index (χ2v) is 15.4. The summed E-state index contributed by atoms with van der Waals surface area (Å²) < 4.78 is 2.41. The Hall–Kier alpha value is -7.88. The van der Waals surface area contributed by atoms with Crippen molar-refractivity contribution < 1.29 is 0 Å². The monoisotopic (exact) mass is 749 g/mol. The number of hydrogen-bond donors (Lipinski definition) is 0. The van der Waals surface area contributed by atoms with Crippen molar-refractivity contribution in [3.05, 3.63) is 212 Å². The van der Waals surface area contributed by atoms with Crippen LogP contribution in [-0.2, 0) is 0 Å².